The molecule has 3 amide bonds. The first-order valence-electron chi connectivity index (χ1n) is 11.3. The second-order valence-corrected chi connectivity index (χ2v) is 10.6. The molecule has 1 atom stereocenters. The SMILES string of the molecule is CC[C@@]1(c2ccccc2)NC(=O)N(CN2CCCN(S(=O)(=O)c3ccc(C)cc3)CC2)C1=O. The first-order valence-corrected chi connectivity index (χ1v) is 12.7. The highest BCUT2D eigenvalue weighted by molar-refractivity contribution is 7.89. The lowest BCUT2D eigenvalue weighted by atomic mass is 9.87. The van der Waals surface area contributed by atoms with E-state index in [1.54, 1.807) is 24.3 Å². The molecule has 176 valence electrons. The largest absolute Gasteiger partial charge is 0.326 e. The van der Waals surface area contributed by atoms with Crippen LogP contribution in [0.2, 0.25) is 0 Å². The van der Waals surface area contributed by atoms with Gasteiger partial charge < -0.3 is 5.32 Å². The molecule has 2 aromatic rings. The predicted molar refractivity (Wildman–Crippen MR) is 125 cm³/mol. The Balaban J connectivity index is 1.46. The molecule has 0 unspecified atom stereocenters. The molecule has 2 fully saturated rings. The fourth-order valence-electron chi connectivity index (χ4n) is 4.50. The number of amides is 3. The third-order valence-corrected chi connectivity index (χ3v) is 8.43. The van der Waals surface area contributed by atoms with Gasteiger partial charge in [0.2, 0.25) is 10.0 Å². The summed E-state index contributed by atoms with van der Waals surface area (Å²) in [6.07, 6.45) is 1.06. The number of urea groups is 1. The number of benzene rings is 2. The van der Waals surface area contributed by atoms with Gasteiger partial charge in [0.15, 0.2) is 0 Å². The zero-order valence-corrected chi connectivity index (χ0v) is 19.8. The lowest BCUT2D eigenvalue weighted by Gasteiger charge is -2.28. The second-order valence-electron chi connectivity index (χ2n) is 8.62. The molecule has 2 saturated heterocycles. The molecule has 33 heavy (non-hydrogen) atoms. The summed E-state index contributed by atoms with van der Waals surface area (Å²) < 4.78 is 27.6. The summed E-state index contributed by atoms with van der Waals surface area (Å²) >= 11 is 0. The molecule has 0 bridgehead atoms. The number of nitrogens with one attached hydrogen (secondary N) is 1. The van der Waals surface area contributed by atoms with Crippen LogP contribution in [-0.4, -0.2) is 67.3 Å². The Labute approximate surface area is 195 Å². The fraction of sp³-hybridized carbons (Fsp3) is 0.417. The average Bonchev–Trinajstić information content (AvgIpc) is 2.96. The van der Waals surface area contributed by atoms with Crippen molar-refractivity contribution in [3.05, 3.63) is 65.7 Å². The number of rotatable bonds is 6. The number of carbonyl (C=O) groups is 2. The van der Waals surface area contributed by atoms with Gasteiger partial charge in [-0.3, -0.25) is 9.69 Å². The van der Waals surface area contributed by atoms with Gasteiger partial charge in [0.25, 0.3) is 5.91 Å². The topological polar surface area (TPSA) is 90.0 Å². The van der Waals surface area contributed by atoms with Crippen LogP contribution in [0.5, 0.6) is 0 Å². The van der Waals surface area contributed by atoms with E-state index in [9.17, 15) is 18.0 Å². The number of sulfonamides is 1. The molecule has 0 aromatic heterocycles. The zero-order chi connectivity index (χ0) is 23.6. The van der Waals surface area contributed by atoms with E-state index in [0.29, 0.717) is 39.0 Å². The van der Waals surface area contributed by atoms with Crippen LogP contribution in [0.15, 0.2) is 59.5 Å². The maximum atomic E-state index is 13.4. The summed E-state index contributed by atoms with van der Waals surface area (Å²) in [7, 11) is -3.59. The monoisotopic (exact) mass is 470 g/mol. The number of nitrogens with zero attached hydrogens (tertiary/aromatic N) is 3. The van der Waals surface area contributed by atoms with Crippen LogP contribution in [0.1, 0.15) is 30.9 Å². The number of carbonyl (C=O) groups excluding carboxylic acids is 2. The average molecular weight is 471 g/mol. The normalized spacial score (nSPS) is 22.9. The van der Waals surface area contributed by atoms with E-state index >= 15 is 0 Å². The molecule has 9 heteroatoms. The molecule has 0 radical (unpaired) electrons. The summed E-state index contributed by atoms with van der Waals surface area (Å²) in [6, 6.07) is 15.7. The standard InChI is InChI=1S/C24H30N4O4S/c1-3-24(20-8-5-4-6-9-20)22(29)28(23(30)25-24)18-26-14-7-15-27(17-16-26)33(31,32)21-12-10-19(2)11-13-21/h4-6,8-13H,3,7,14-18H2,1-2H3,(H,25,30)/t24-/m0/s1. The molecule has 2 aromatic carbocycles. The van der Waals surface area contributed by atoms with Crippen molar-refractivity contribution in [1.82, 2.24) is 19.4 Å². The van der Waals surface area contributed by atoms with Crippen LogP contribution in [-0.2, 0) is 20.4 Å². The molecule has 2 heterocycles. The van der Waals surface area contributed by atoms with Gasteiger partial charge in [-0.1, -0.05) is 55.0 Å². The van der Waals surface area contributed by atoms with Crippen LogP contribution in [0.4, 0.5) is 4.79 Å². The van der Waals surface area contributed by atoms with Crippen molar-refractivity contribution in [2.24, 2.45) is 0 Å². The minimum Gasteiger partial charge on any atom is -0.319 e. The smallest absolute Gasteiger partial charge is 0.319 e. The maximum Gasteiger partial charge on any atom is 0.326 e. The van der Waals surface area contributed by atoms with Crippen molar-refractivity contribution in [2.45, 2.75) is 37.1 Å². The Morgan fingerprint density at radius 3 is 2.30 bits per heavy atom. The molecule has 8 nitrogen and oxygen atoms in total. The molecule has 0 aliphatic carbocycles. The van der Waals surface area contributed by atoms with Crippen LogP contribution in [0.3, 0.4) is 0 Å². The summed E-state index contributed by atoms with van der Waals surface area (Å²) in [5.41, 5.74) is 0.702. The number of aryl methyl sites for hydroxylation is 1. The van der Waals surface area contributed by atoms with Gasteiger partial charge in [-0.05, 0) is 37.5 Å². The molecule has 0 spiro atoms. The van der Waals surface area contributed by atoms with Gasteiger partial charge in [-0.15, -0.1) is 0 Å². The van der Waals surface area contributed by atoms with E-state index < -0.39 is 21.6 Å². The summed E-state index contributed by atoms with van der Waals surface area (Å²) in [5, 5.41) is 2.90. The molecule has 0 saturated carbocycles. The molecular weight excluding hydrogens is 440 g/mol. The highest BCUT2D eigenvalue weighted by Gasteiger charge is 2.51. The number of hydrogen-bond donors (Lipinski definition) is 1. The van der Waals surface area contributed by atoms with Gasteiger partial charge in [0.05, 0.1) is 11.6 Å². The van der Waals surface area contributed by atoms with Crippen LogP contribution in [0, 0.1) is 6.92 Å². The lowest BCUT2D eigenvalue weighted by molar-refractivity contribution is -0.133. The molecule has 1 N–H and O–H groups in total. The lowest BCUT2D eigenvalue weighted by Crippen LogP contribution is -2.46. The summed E-state index contributed by atoms with van der Waals surface area (Å²) in [6.45, 7) is 5.68. The molecule has 2 aliphatic heterocycles. The van der Waals surface area contributed by atoms with Crippen molar-refractivity contribution in [2.75, 3.05) is 32.8 Å². The van der Waals surface area contributed by atoms with Gasteiger partial charge in [-0.2, -0.15) is 4.31 Å². The van der Waals surface area contributed by atoms with E-state index in [1.807, 2.05) is 49.1 Å². The minimum absolute atomic E-state index is 0.137. The van der Waals surface area contributed by atoms with Crippen molar-refractivity contribution < 1.29 is 18.0 Å². The van der Waals surface area contributed by atoms with Crippen LogP contribution < -0.4 is 5.32 Å². The van der Waals surface area contributed by atoms with Crippen molar-refractivity contribution in [3.8, 4) is 0 Å². The Morgan fingerprint density at radius 2 is 1.64 bits per heavy atom. The Morgan fingerprint density at radius 1 is 0.939 bits per heavy atom. The van der Waals surface area contributed by atoms with Crippen molar-refractivity contribution >= 4 is 22.0 Å². The van der Waals surface area contributed by atoms with E-state index in [2.05, 4.69) is 5.32 Å². The van der Waals surface area contributed by atoms with Gasteiger partial charge in [0, 0.05) is 26.2 Å². The third kappa shape index (κ3) is 4.40. The molecular formula is C24H30N4O4S. The van der Waals surface area contributed by atoms with E-state index in [4.69, 9.17) is 0 Å². The first kappa shape index (κ1) is 23.4. The van der Waals surface area contributed by atoms with Gasteiger partial charge in [0.1, 0.15) is 5.54 Å². The van der Waals surface area contributed by atoms with Gasteiger partial charge >= 0.3 is 6.03 Å². The summed E-state index contributed by atoms with van der Waals surface area (Å²) in [5.74, 6) is -0.269. The quantitative estimate of drug-likeness (QED) is 0.656. The first-order chi connectivity index (χ1) is 15.8. The number of imide groups is 1. The number of hydrogen-bond acceptors (Lipinski definition) is 5. The fourth-order valence-corrected chi connectivity index (χ4v) is 5.97. The summed E-state index contributed by atoms with van der Waals surface area (Å²) in [4.78, 5) is 29.7. The van der Waals surface area contributed by atoms with E-state index in [0.717, 1.165) is 11.1 Å². The Hall–Kier alpha value is -2.75. The Kier molecular flexibility index (Phi) is 6.56. The predicted octanol–water partition coefficient (Wildman–Crippen LogP) is 2.51. The van der Waals surface area contributed by atoms with E-state index in [1.165, 1.54) is 9.21 Å². The zero-order valence-electron chi connectivity index (χ0n) is 19.0. The Bertz CT molecular complexity index is 1120. The van der Waals surface area contributed by atoms with Gasteiger partial charge in [-0.25, -0.2) is 18.1 Å². The molecule has 2 aliphatic rings. The maximum absolute atomic E-state index is 13.4. The van der Waals surface area contributed by atoms with E-state index in [-0.39, 0.29) is 17.5 Å². The van der Waals surface area contributed by atoms with Crippen LogP contribution in [0.25, 0.3) is 0 Å². The van der Waals surface area contributed by atoms with Crippen molar-refractivity contribution in [3.63, 3.8) is 0 Å². The highest BCUT2D eigenvalue weighted by Crippen LogP contribution is 2.32. The third-order valence-electron chi connectivity index (χ3n) is 6.52. The van der Waals surface area contributed by atoms with Crippen LogP contribution >= 0.6 is 0 Å². The second kappa shape index (κ2) is 9.24. The van der Waals surface area contributed by atoms with Crippen molar-refractivity contribution in [1.29, 1.82) is 0 Å². The minimum atomic E-state index is -3.59. The molecule has 4 rings (SSSR count). The highest BCUT2D eigenvalue weighted by atomic mass is 32.2.